The summed E-state index contributed by atoms with van der Waals surface area (Å²) in [5, 5.41) is 5.95. The lowest BCUT2D eigenvalue weighted by Gasteiger charge is -2.10. The van der Waals surface area contributed by atoms with Crippen LogP contribution in [0.2, 0.25) is 5.02 Å². The Morgan fingerprint density at radius 3 is 2.29 bits per heavy atom. The number of amides is 2. The van der Waals surface area contributed by atoms with E-state index < -0.39 is 0 Å². The van der Waals surface area contributed by atoms with Crippen molar-refractivity contribution in [3.63, 3.8) is 0 Å². The number of hydrogen-bond acceptors (Lipinski definition) is 2. The molecule has 0 aliphatic carbocycles. The molecule has 0 aliphatic heterocycles. The van der Waals surface area contributed by atoms with Crippen molar-refractivity contribution in [2.45, 2.75) is 6.92 Å². The molecule has 124 valence electrons. The fraction of sp³-hybridized carbons (Fsp3) is 0.111. The van der Waals surface area contributed by atoms with E-state index in [0.29, 0.717) is 17.1 Å². The molecular formula is C18H16BrClN2O2. The number of likely N-dealkylation sites (N-methyl/N-ethyl adjacent to an activating group) is 1. The van der Waals surface area contributed by atoms with Crippen LogP contribution >= 0.6 is 27.5 Å². The zero-order valence-electron chi connectivity index (χ0n) is 13.0. The minimum atomic E-state index is -0.353. The molecule has 0 aliphatic rings. The maximum Gasteiger partial charge on any atom is 0.267 e. The van der Waals surface area contributed by atoms with Crippen LogP contribution < -0.4 is 10.6 Å². The summed E-state index contributed by atoms with van der Waals surface area (Å²) in [5.74, 6) is -0.702. The van der Waals surface area contributed by atoms with Gasteiger partial charge in [0.2, 0.25) is 0 Å². The molecule has 2 aromatic rings. The highest BCUT2D eigenvalue weighted by Crippen LogP contribution is 2.13. The fourth-order valence-corrected chi connectivity index (χ4v) is 2.33. The lowest BCUT2D eigenvalue weighted by Crippen LogP contribution is -2.34. The van der Waals surface area contributed by atoms with E-state index >= 15 is 0 Å². The van der Waals surface area contributed by atoms with Gasteiger partial charge >= 0.3 is 0 Å². The maximum atomic E-state index is 12.4. The summed E-state index contributed by atoms with van der Waals surface area (Å²) in [7, 11) is 0. The summed E-state index contributed by atoms with van der Waals surface area (Å²) in [5.41, 5.74) is 1.40. The van der Waals surface area contributed by atoms with Crippen molar-refractivity contribution < 1.29 is 9.59 Å². The van der Waals surface area contributed by atoms with Crippen LogP contribution in [0, 0.1) is 0 Å². The predicted octanol–water partition coefficient (Wildman–Crippen LogP) is 4.01. The third-order valence-electron chi connectivity index (χ3n) is 3.12. The van der Waals surface area contributed by atoms with E-state index in [1.807, 2.05) is 6.92 Å². The summed E-state index contributed by atoms with van der Waals surface area (Å²) in [4.78, 5) is 24.6. The Hall–Kier alpha value is -2.11. The lowest BCUT2D eigenvalue weighted by molar-refractivity contribution is -0.117. The van der Waals surface area contributed by atoms with Crippen LogP contribution in [0.3, 0.4) is 0 Å². The van der Waals surface area contributed by atoms with Crippen LogP contribution in [0.4, 0.5) is 0 Å². The van der Waals surface area contributed by atoms with Crippen molar-refractivity contribution in [1.82, 2.24) is 10.6 Å². The smallest absolute Gasteiger partial charge is 0.267 e. The molecule has 0 fully saturated rings. The fourth-order valence-electron chi connectivity index (χ4n) is 1.94. The number of halogens is 2. The SMILES string of the molecule is CCNC(=O)/C(=C/c1ccc(Cl)cc1)NC(=O)c1ccc(Br)cc1. The van der Waals surface area contributed by atoms with E-state index in [0.717, 1.165) is 10.0 Å². The molecule has 4 nitrogen and oxygen atoms in total. The number of rotatable bonds is 5. The lowest BCUT2D eigenvalue weighted by atomic mass is 10.1. The van der Waals surface area contributed by atoms with Gasteiger partial charge in [0.1, 0.15) is 5.70 Å². The van der Waals surface area contributed by atoms with Crippen molar-refractivity contribution in [1.29, 1.82) is 0 Å². The largest absolute Gasteiger partial charge is 0.351 e. The quantitative estimate of drug-likeness (QED) is 0.736. The molecule has 0 unspecified atom stereocenters. The monoisotopic (exact) mass is 406 g/mol. The van der Waals surface area contributed by atoms with E-state index in [-0.39, 0.29) is 17.5 Å². The average molecular weight is 408 g/mol. The molecule has 0 heterocycles. The second-order valence-corrected chi connectivity index (χ2v) is 6.28. The molecule has 0 radical (unpaired) electrons. The second kappa shape index (κ2) is 8.66. The number of nitrogens with one attached hydrogen (secondary N) is 2. The topological polar surface area (TPSA) is 58.2 Å². The minimum Gasteiger partial charge on any atom is -0.351 e. The van der Waals surface area contributed by atoms with Gasteiger partial charge < -0.3 is 10.6 Å². The van der Waals surface area contributed by atoms with Crippen molar-refractivity contribution in [2.24, 2.45) is 0 Å². The third-order valence-corrected chi connectivity index (χ3v) is 3.90. The van der Waals surface area contributed by atoms with Crippen LogP contribution in [-0.2, 0) is 4.79 Å². The molecule has 2 amide bonds. The minimum absolute atomic E-state index is 0.173. The highest BCUT2D eigenvalue weighted by Gasteiger charge is 2.14. The van der Waals surface area contributed by atoms with Crippen LogP contribution in [0.5, 0.6) is 0 Å². The Morgan fingerprint density at radius 2 is 1.71 bits per heavy atom. The number of benzene rings is 2. The molecule has 0 bridgehead atoms. The Balaban J connectivity index is 2.25. The average Bonchev–Trinajstić information content (AvgIpc) is 2.57. The zero-order chi connectivity index (χ0) is 17.5. The highest BCUT2D eigenvalue weighted by molar-refractivity contribution is 9.10. The van der Waals surface area contributed by atoms with Gasteiger partial charge in [-0.15, -0.1) is 0 Å². The Bertz CT molecular complexity index is 756. The predicted molar refractivity (Wildman–Crippen MR) is 99.7 cm³/mol. The van der Waals surface area contributed by atoms with Crippen molar-refractivity contribution in [2.75, 3.05) is 6.54 Å². The summed E-state index contributed by atoms with van der Waals surface area (Å²) in [6.07, 6.45) is 1.61. The van der Waals surface area contributed by atoms with E-state index in [1.165, 1.54) is 0 Å². The number of carbonyl (C=O) groups is 2. The summed E-state index contributed by atoms with van der Waals surface area (Å²) >= 11 is 9.19. The van der Waals surface area contributed by atoms with Crippen LogP contribution in [0.25, 0.3) is 6.08 Å². The van der Waals surface area contributed by atoms with Gasteiger partial charge in [-0.2, -0.15) is 0 Å². The van der Waals surface area contributed by atoms with Crippen molar-refractivity contribution in [3.05, 3.63) is 74.9 Å². The van der Waals surface area contributed by atoms with Crippen LogP contribution in [0.1, 0.15) is 22.8 Å². The van der Waals surface area contributed by atoms with E-state index in [9.17, 15) is 9.59 Å². The standard InChI is InChI=1S/C18H16BrClN2O2/c1-2-21-18(24)16(11-12-3-9-15(20)10-4-12)22-17(23)13-5-7-14(19)8-6-13/h3-11H,2H2,1H3,(H,21,24)(H,22,23)/b16-11-. The molecule has 0 saturated heterocycles. The van der Waals surface area contributed by atoms with Gasteiger partial charge in [0.15, 0.2) is 0 Å². The van der Waals surface area contributed by atoms with Gasteiger partial charge in [-0.25, -0.2) is 0 Å². The van der Waals surface area contributed by atoms with Crippen molar-refractivity contribution in [3.8, 4) is 0 Å². The first kappa shape index (κ1) is 18.2. The Morgan fingerprint density at radius 1 is 1.08 bits per heavy atom. The Kier molecular flexibility index (Phi) is 6.58. The number of hydrogen-bond donors (Lipinski definition) is 2. The van der Waals surface area contributed by atoms with Gasteiger partial charge in [0, 0.05) is 21.6 Å². The zero-order valence-corrected chi connectivity index (χ0v) is 15.3. The van der Waals surface area contributed by atoms with E-state index in [4.69, 9.17) is 11.6 Å². The highest BCUT2D eigenvalue weighted by atomic mass is 79.9. The van der Waals surface area contributed by atoms with Gasteiger partial charge in [-0.1, -0.05) is 39.7 Å². The molecule has 0 spiro atoms. The van der Waals surface area contributed by atoms with Crippen molar-refractivity contribution >= 4 is 45.4 Å². The maximum absolute atomic E-state index is 12.4. The molecule has 0 aromatic heterocycles. The molecule has 2 N–H and O–H groups in total. The first-order valence-corrected chi connectivity index (χ1v) is 8.49. The first-order valence-electron chi connectivity index (χ1n) is 7.32. The van der Waals surface area contributed by atoms with Gasteiger partial charge in [0.05, 0.1) is 0 Å². The third kappa shape index (κ3) is 5.22. The molecule has 2 aromatic carbocycles. The molecule has 6 heteroatoms. The molecule has 24 heavy (non-hydrogen) atoms. The Labute approximate surface area is 154 Å². The van der Waals surface area contributed by atoms with Gasteiger partial charge in [-0.05, 0) is 55.0 Å². The summed E-state index contributed by atoms with van der Waals surface area (Å²) < 4.78 is 0.875. The van der Waals surface area contributed by atoms with E-state index in [2.05, 4.69) is 26.6 Å². The van der Waals surface area contributed by atoms with Gasteiger partial charge in [-0.3, -0.25) is 9.59 Å². The van der Waals surface area contributed by atoms with Crippen LogP contribution in [-0.4, -0.2) is 18.4 Å². The molecule has 0 atom stereocenters. The number of carbonyl (C=O) groups excluding carboxylic acids is 2. The van der Waals surface area contributed by atoms with E-state index in [1.54, 1.807) is 54.6 Å². The molecular weight excluding hydrogens is 392 g/mol. The van der Waals surface area contributed by atoms with Crippen LogP contribution in [0.15, 0.2) is 58.7 Å². The molecule has 2 rings (SSSR count). The summed E-state index contributed by atoms with van der Waals surface area (Å²) in [6.45, 7) is 2.28. The van der Waals surface area contributed by atoms with Gasteiger partial charge in [0.25, 0.3) is 11.8 Å². The second-order valence-electron chi connectivity index (χ2n) is 4.93. The first-order chi connectivity index (χ1) is 11.5. The normalized spacial score (nSPS) is 11.0. The molecule has 0 saturated carbocycles. The summed E-state index contributed by atoms with van der Waals surface area (Å²) in [6, 6.07) is 13.9.